The highest BCUT2D eigenvalue weighted by atomic mass is 19.3. The van der Waals surface area contributed by atoms with Crippen molar-refractivity contribution in [3.63, 3.8) is 0 Å². The summed E-state index contributed by atoms with van der Waals surface area (Å²) in [5, 5.41) is 13.4. The van der Waals surface area contributed by atoms with E-state index in [0.29, 0.717) is 11.8 Å². The molecule has 0 unspecified atom stereocenters. The van der Waals surface area contributed by atoms with Crippen LogP contribution in [0.2, 0.25) is 0 Å². The van der Waals surface area contributed by atoms with E-state index in [-0.39, 0.29) is 33.2 Å². The number of piperazine rings is 1. The maximum absolute atomic E-state index is 15.0. The predicted molar refractivity (Wildman–Crippen MR) is 146 cm³/mol. The van der Waals surface area contributed by atoms with Gasteiger partial charge in [0.15, 0.2) is 11.5 Å². The summed E-state index contributed by atoms with van der Waals surface area (Å²) in [5.41, 5.74) is -0.403. The summed E-state index contributed by atoms with van der Waals surface area (Å²) in [5.74, 6) is 0.0886. The fourth-order valence-corrected chi connectivity index (χ4v) is 4.44. The van der Waals surface area contributed by atoms with Crippen molar-refractivity contribution in [2.75, 3.05) is 43.4 Å². The molecule has 1 aliphatic heterocycles. The molecule has 39 heavy (non-hydrogen) atoms. The minimum absolute atomic E-state index is 0.0237. The summed E-state index contributed by atoms with van der Waals surface area (Å²) < 4.78 is 31.2. The molecule has 1 fully saturated rings. The minimum atomic E-state index is -3.75. The zero-order valence-corrected chi connectivity index (χ0v) is 22.0. The third-order valence-corrected chi connectivity index (χ3v) is 6.69. The number of likely N-dealkylation sites (N-methyl/N-ethyl adjacent to an activating group) is 1. The molecular formula is C27H30F2N8O2. The van der Waals surface area contributed by atoms with Crippen LogP contribution in [0.1, 0.15) is 19.5 Å². The largest absolute Gasteiger partial charge is 0.384 e. The summed E-state index contributed by atoms with van der Waals surface area (Å²) in [6.07, 6.45) is 1.58. The van der Waals surface area contributed by atoms with Crippen LogP contribution in [-0.2, 0) is 11.6 Å². The van der Waals surface area contributed by atoms with Crippen LogP contribution in [0.4, 0.5) is 26.1 Å². The van der Waals surface area contributed by atoms with E-state index in [0.717, 1.165) is 36.5 Å². The van der Waals surface area contributed by atoms with Crippen molar-refractivity contribution in [1.29, 1.82) is 0 Å². The molecule has 5 rings (SSSR count). The Bertz CT molecular complexity index is 1570. The van der Waals surface area contributed by atoms with E-state index in [4.69, 9.17) is 0 Å². The van der Waals surface area contributed by atoms with E-state index in [9.17, 15) is 9.90 Å². The van der Waals surface area contributed by atoms with Gasteiger partial charge in [-0.15, -0.1) is 0 Å². The molecule has 0 atom stereocenters. The first-order chi connectivity index (χ1) is 18.5. The molecule has 0 saturated carbocycles. The standard InChI is InChI=1S/C27H30F2N8O2/c1-5-27(28,29)37-24(38)20-17-30-25(31-18-9-11-19(12-10-18)35-15-13-34(4)14-16-35)33-23(20)36(37)22-8-6-7-21(32-22)26(2,3)39/h5-12,17,39H,1,13-16H2,2-4H3,(H,30,31,33). The van der Waals surface area contributed by atoms with Crippen LogP contribution in [0, 0.1) is 0 Å². The van der Waals surface area contributed by atoms with Crippen molar-refractivity contribution in [3.8, 4) is 5.82 Å². The number of nitrogens with zero attached hydrogens (tertiary/aromatic N) is 7. The van der Waals surface area contributed by atoms with Gasteiger partial charge >= 0.3 is 6.05 Å². The fraction of sp³-hybridized carbons (Fsp3) is 0.333. The Morgan fingerprint density at radius 1 is 1.05 bits per heavy atom. The first-order valence-electron chi connectivity index (χ1n) is 12.5. The molecule has 1 saturated heterocycles. The number of aromatic nitrogens is 5. The molecule has 0 spiro atoms. The van der Waals surface area contributed by atoms with E-state index in [2.05, 4.69) is 43.7 Å². The van der Waals surface area contributed by atoms with Gasteiger partial charge in [0.1, 0.15) is 11.0 Å². The second-order valence-electron chi connectivity index (χ2n) is 10.1. The smallest absolute Gasteiger partial charge is 0.365 e. The third-order valence-electron chi connectivity index (χ3n) is 6.69. The van der Waals surface area contributed by atoms with Crippen molar-refractivity contribution in [2.24, 2.45) is 0 Å². The van der Waals surface area contributed by atoms with Gasteiger partial charge in [-0.2, -0.15) is 18.4 Å². The zero-order chi connectivity index (χ0) is 27.9. The van der Waals surface area contributed by atoms with Crippen LogP contribution in [0.25, 0.3) is 16.9 Å². The number of hydrogen-bond donors (Lipinski definition) is 2. The minimum Gasteiger partial charge on any atom is -0.384 e. The number of anilines is 3. The lowest BCUT2D eigenvalue weighted by molar-refractivity contribution is -0.0478. The fourth-order valence-electron chi connectivity index (χ4n) is 4.44. The van der Waals surface area contributed by atoms with Crippen molar-refractivity contribution >= 4 is 28.4 Å². The average Bonchev–Trinajstić information content (AvgIpc) is 3.21. The summed E-state index contributed by atoms with van der Waals surface area (Å²) in [4.78, 5) is 30.7. The van der Waals surface area contributed by atoms with Gasteiger partial charge in [0, 0.05) is 49.8 Å². The molecule has 1 aliphatic rings. The van der Waals surface area contributed by atoms with Gasteiger partial charge in [0.2, 0.25) is 5.95 Å². The van der Waals surface area contributed by atoms with Crippen LogP contribution in [-0.4, -0.2) is 67.5 Å². The lowest BCUT2D eigenvalue weighted by Crippen LogP contribution is -2.44. The predicted octanol–water partition coefficient (Wildman–Crippen LogP) is 3.44. The quantitative estimate of drug-likeness (QED) is 0.346. The molecule has 3 aromatic heterocycles. The number of allylic oxidation sites excluding steroid dienone is 1. The molecule has 10 nitrogen and oxygen atoms in total. The maximum Gasteiger partial charge on any atom is 0.365 e. The van der Waals surface area contributed by atoms with Crippen molar-refractivity contribution in [1.82, 2.24) is 29.2 Å². The Balaban J connectivity index is 1.55. The van der Waals surface area contributed by atoms with Gasteiger partial charge in [0.25, 0.3) is 5.56 Å². The highest BCUT2D eigenvalue weighted by Gasteiger charge is 2.35. The number of alkyl halides is 2. The van der Waals surface area contributed by atoms with Crippen LogP contribution >= 0.6 is 0 Å². The SMILES string of the molecule is C=CC(F)(F)n1c(=O)c2cnc(Nc3ccc(N4CCN(C)CC4)cc3)nc2n1-c1cccc(C(C)(C)O)n1. The molecule has 4 heterocycles. The zero-order valence-electron chi connectivity index (χ0n) is 22.0. The van der Waals surface area contributed by atoms with E-state index >= 15 is 8.78 Å². The highest BCUT2D eigenvalue weighted by Crippen LogP contribution is 2.27. The monoisotopic (exact) mass is 536 g/mol. The summed E-state index contributed by atoms with van der Waals surface area (Å²) in [7, 11) is 2.10. The number of halogens is 2. The first kappa shape index (κ1) is 26.4. The number of nitrogens with one attached hydrogen (secondary N) is 1. The Morgan fingerprint density at radius 3 is 2.38 bits per heavy atom. The Kier molecular flexibility index (Phi) is 6.69. The molecule has 2 N–H and O–H groups in total. The Hall–Kier alpha value is -4.16. The topological polar surface area (TPSA) is 104 Å². The van der Waals surface area contributed by atoms with Gasteiger partial charge in [-0.3, -0.25) is 4.79 Å². The molecule has 0 aliphatic carbocycles. The number of aliphatic hydroxyl groups is 1. The normalized spacial score (nSPS) is 15.1. The lowest BCUT2D eigenvalue weighted by Gasteiger charge is -2.34. The summed E-state index contributed by atoms with van der Waals surface area (Å²) >= 11 is 0. The number of rotatable bonds is 7. The van der Waals surface area contributed by atoms with Gasteiger partial charge in [-0.1, -0.05) is 12.6 Å². The first-order valence-corrected chi connectivity index (χ1v) is 12.5. The molecule has 4 aromatic rings. The van der Waals surface area contributed by atoms with E-state index in [1.165, 1.54) is 26.1 Å². The molecule has 0 amide bonds. The molecule has 1 aromatic carbocycles. The number of fused-ring (bicyclic) bond motifs is 1. The van der Waals surface area contributed by atoms with Crippen LogP contribution in [0.3, 0.4) is 0 Å². The molecule has 0 bridgehead atoms. The van der Waals surface area contributed by atoms with E-state index < -0.39 is 17.2 Å². The average molecular weight is 537 g/mol. The Labute approximate surface area is 223 Å². The number of hydrogen-bond acceptors (Lipinski definition) is 8. The summed E-state index contributed by atoms with van der Waals surface area (Å²) in [6.45, 7) is 10.1. The van der Waals surface area contributed by atoms with Crippen LogP contribution in [0.5, 0.6) is 0 Å². The highest BCUT2D eigenvalue weighted by molar-refractivity contribution is 5.77. The van der Waals surface area contributed by atoms with Crippen LogP contribution < -0.4 is 15.8 Å². The lowest BCUT2D eigenvalue weighted by atomic mass is 10.1. The van der Waals surface area contributed by atoms with Gasteiger partial charge in [-0.25, -0.2) is 14.6 Å². The summed E-state index contributed by atoms with van der Waals surface area (Å²) in [6, 6.07) is 8.60. The third kappa shape index (κ3) is 5.12. The Morgan fingerprint density at radius 2 is 1.74 bits per heavy atom. The second-order valence-corrected chi connectivity index (χ2v) is 10.1. The van der Waals surface area contributed by atoms with E-state index in [1.54, 1.807) is 12.1 Å². The molecule has 12 heteroatoms. The molecular weight excluding hydrogens is 506 g/mol. The van der Waals surface area contributed by atoms with E-state index in [1.807, 2.05) is 24.3 Å². The van der Waals surface area contributed by atoms with Gasteiger partial charge in [-0.05, 0) is 57.3 Å². The molecule has 0 radical (unpaired) electrons. The maximum atomic E-state index is 15.0. The second kappa shape index (κ2) is 9.86. The van der Waals surface area contributed by atoms with Gasteiger partial charge in [0.05, 0.1) is 5.69 Å². The van der Waals surface area contributed by atoms with Crippen LogP contribution in [0.15, 0.2) is 66.1 Å². The van der Waals surface area contributed by atoms with Gasteiger partial charge < -0.3 is 20.2 Å². The van der Waals surface area contributed by atoms with Crippen molar-refractivity contribution in [2.45, 2.75) is 25.5 Å². The van der Waals surface area contributed by atoms with Crippen molar-refractivity contribution in [3.05, 3.63) is 77.4 Å². The number of benzene rings is 1. The molecule has 204 valence electrons. The number of pyridine rings is 1. The van der Waals surface area contributed by atoms with Crippen molar-refractivity contribution < 1.29 is 13.9 Å².